The van der Waals surface area contributed by atoms with Gasteiger partial charge in [-0.3, -0.25) is 0 Å². The highest BCUT2D eigenvalue weighted by atomic mass is 16.5. The summed E-state index contributed by atoms with van der Waals surface area (Å²) < 4.78 is 12.7. The largest absolute Gasteiger partial charge is 0.497 e. The molecule has 0 aliphatic carbocycles. The Bertz CT molecular complexity index is 1000. The number of methoxy groups -OCH3 is 2. The summed E-state index contributed by atoms with van der Waals surface area (Å²) in [4.78, 5) is 23.6. The van der Waals surface area contributed by atoms with E-state index < -0.39 is 0 Å². The SMILES string of the molecule is COc1ccc(NC(=O)N2CCCC(Cn3cnc4cccnc43)C2)c(OC)c1. The molecule has 1 saturated heterocycles. The number of amides is 2. The molecule has 8 nitrogen and oxygen atoms in total. The van der Waals surface area contributed by atoms with Gasteiger partial charge in [0, 0.05) is 31.9 Å². The van der Waals surface area contributed by atoms with Gasteiger partial charge in [-0.25, -0.2) is 14.8 Å². The third-order valence-electron chi connectivity index (χ3n) is 5.29. The zero-order chi connectivity index (χ0) is 20.2. The first-order valence-corrected chi connectivity index (χ1v) is 9.71. The Morgan fingerprint density at radius 3 is 2.97 bits per heavy atom. The number of likely N-dealkylation sites (tertiary alicyclic amines) is 1. The molecule has 1 aromatic carbocycles. The number of carbonyl (C=O) groups is 1. The van der Waals surface area contributed by atoms with Crippen LogP contribution in [0.2, 0.25) is 0 Å². The fourth-order valence-electron chi connectivity index (χ4n) is 3.80. The number of carbonyl (C=O) groups excluding carboxylic acids is 1. The summed E-state index contributed by atoms with van der Waals surface area (Å²) in [6, 6.07) is 9.08. The molecule has 1 atom stereocenters. The van der Waals surface area contributed by atoms with Gasteiger partial charge in [-0.15, -0.1) is 0 Å². The number of pyridine rings is 1. The molecular formula is C21H25N5O3. The summed E-state index contributed by atoms with van der Waals surface area (Å²) in [5, 5.41) is 2.97. The van der Waals surface area contributed by atoms with Crippen molar-refractivity contribution in [2.45, 2.75) is 19.4 Å². The predicted octanol–water partition coefficient (Wildman–Crippen LogP) is 3.39. The fourth-order valence-corrected chi connectivity index (χ4v) is 3.80. The first-order valence-electron chi connectivity index (χ1n) is 9.71. The number of anilines is 1. The van der Waals surface area contributed by atoms with Crippen LogP contribution in [0.4, 0.5) is 10.5 Å². The minimum Gasteiger partial charge on any atom is -0.497 e. The number of urea groups is 1. The number of fused-ring (bicyclic) bond motifs is 1. The van der Waals surface area contributed by atoms with Crippen LogP contribution in [-0.4, -0.2) is 52.8 Å². The summed E-state index contributed by atoms with van der Waals surface area (Å²) in [5.41, 5.74) is 2.41. The van der Waals surface area contributed by atoms with Crippen molar-refractivity contribution in [2.24, 2.45) is 5.92 Å². The Morgan fingerprint density at radius 1 is 1.24 bits per heavy atom. The number of benzene rings is 1. The minimum absolute atomic E-state index is 0.119. The average Bonchev–Trinajstić information content (AvgIpc) is 3.17. The van der Waals surface area contributed by atoms with Crippen molar-refractivity contribution < 1.29 is 14.3 Å². The van der Waals surface area contributed by atoms with Crippen LogP contribution in [0.5, 0.6) is 11.5 Å². The maximum Gasteiger partial charge on any atom is 0.321 e. The van der Waals surface area contributed by atoms with Gasteiger partial charge in [0.2, 0.25) is 0 Å². The van der Waals surface area contributed by atoms with E-state index in [2.05, 4.69) is 19.9 Å². The molecule has 1 aliphatic heterocycles. The number of nitrogens with zero attached hydrogens (tertiary/aromatic N) is 4. The lowest BCUT2D eigenvalue weighted by molar-refractivity contribution is 0.171. The van der Waals surface area contributed by atoms with Crippen LogP contribution < -0.4 is 14.8 Å². The highest BCUT2D eigenvalue weighted by Crippen LogP contribution is 2.30. The number of nitrogens with one attached hydrogen (secondary N) is 1. The maximum atomic E-state index is 12.8. The van der Waals surface area contributed by atoms with E-state index in [0.29, 0.717) is 29.6 Å². The number of hydrogen-bond acceptors (Lipinski definition) is 5. The normalized spacial score (nSPS) is 16.6. The van der Waals surface area contributed by atoms with E-state index in [1.807, 2.05) is 23.4 Å². The summed E-state index contributed by atoms with van der Waals surface area (Å²) in [6.45, 7) is 2.23. The molecule has 29 heavy (non-hydrogen) atoms. The average molecular weight is 395 g/mol. The summed E-state index contributed by atoms with van der Waals surface area (Å²) >= 11 is 0. The second-order valence-electron chi connectivity index (χ2n) is 7.19. The van der Waals surface area contributed by atoms with E-state index >= 15 is 0 Å². The Morgan fingerprint density at radius 2 is 2.14 bits per heavy atom. The van der Waals surface area contributed by atoms with Gasteiger partial charge in [0.05, 0.1) is 26.2 Å². The number of imidazole rings is 1. The van der Waals surface area contributed by atoms with Crippen molar-refractivity contribution in [1.82, 2.24) is 19.4 Å². The van der Waals surface area contributed by atoms with Crippen molar-refractivity contribution in [3.05, 3.63) is 42.9 Å². The number of piperidine rings is 1. The van der Waals surface area contributed by atoms with Crippen molar-refractivity contribution in [3.8, 4) is 11.5 Å². The van der Waals surface area contributed by atoms with Crippen LogP contribution in [-0.2, 0) is 6.54 Å². The van der Waals surface area contributed by atoms with Crippen LogP contribution >= 0.6 is 0 Å². The topological polar surface area (TPSA) is 81.5 Å². The molecule has 0 radical (unpaired) electrons. The lowest BCUT2D eigenvalue weighted by Gasteiger charge is -2.33. The van der Waals surface area contributed by atoms with Crippen molar-refractivity contribution in [2.75, 3.05) is 32.6 Å². The van der Waals surface area contributed by atoms with Gasteiger partial charge < -0.3 is 24.3 Å². The van der Waals surface area contributed by atoms with Crippen LogP contribution in [0.1, 0.15) is 12.8 Å². The molecule has 2 amide bonds. The van der Waals surface area contributed by atoms with Gasteiger partial charge in [-0.05, 0) is 43.0 Å². The molecule has 1 unspecified atom stereocenters. The Labute approximate surface area is 169 Å². The first kappa shape index (κ1) is 19.0. The van der Waals surface area contributed by atoms with Gasteiger partial charge in [0.1, 0.15) is 17.0 Å². The van der Waals surface area contributed by atoms with Gasteiger partial charge in [0.25, 0.3) is 0 Å². The standard InChI is InChI=1S/C21H25N5O3/c1-28-16-7-8-17(19(11-16)29-2)24-21(27)25-10-4-5-15(12-25)13-26-14-23-18-6-3-9-22-20(18)26/h3,6-9,11,14-15H,4-5,10,12-13H2,1-2H3,(H,24,27). The van der Waals surface area contributed by atoms with Crippen LogP contribution in [0.3, 0.4) is 0 Å². The zero-order valence-corrected chi connectivity index (χ0v) is 16.7. The molecule has 4 rings (SSSR count). The smallest absolute Gasteiger partial charge is 0.321 e. The number of ether oxygens (including phenoxy) is 2. The highest BCUT2D eigenvalue weighted by molar-refractivity contribution is 5.91. The molecule has 0 saturated carbocycles. The van der Waals surface area contributed by atoms with Crippen molar-refractivity contribution >= 4 is 22.9 Å². The number of hydrogen-bond donors (Lipinski definition) is 1. The van der Waals surface area contributed by atoms with Crippen LogP contribution in [0.15, 0.2) is 42.9 Å². The van der Waals surface area contributed by atoms with E-state index in [1.165, 1.54) is 0 Å². The summed E-state index contributed by atoms with van der Waals surface area (Å²) in [5.74, 6) is 1.60. The monoisotopic (exact) mass is 395 g/mol. The minimum atomic E-state index is -0.119. The number of rotatable bonds is 5. The molecule has 2 aromatic heterocycles. The van der Waals surface area contributed by atoms with Gasteiger partial charge >= 0.3 is 6.03 Å². The lowest BCUT2D eigenvalue weighted by atomic mass is 9.98. The highest BCUT2D eigenvalue weighted by Gasteiger charge is 2.25. The maximum absolute atomic E-state index is 12.8. The molecule has 8 heteroatoms. The van der Waals surface area contributed by atoms with Gasteiger partial charge in [-0.2, -0.15) is 0 Å². The first-order chi connectivity index (χ1) is 14.2. The Hall–Kier alpha value is -3.29. The van der Waals surface area contributed by atoms with Crippen molar-refractivity contribution in [1.29, 1.82) is 0 Å². The molecule has 0 bridgehead atoms. The van der Waals surface area contributed by atoms with Gasteiger partial charge in [0.15, 0.2) is 5.65 Å². The molecular weight excluding hydrogens is 370 g/mol. The molecule has 1 fully saturated rings. The second kappa shape index (κ2) is 8.38. The van der Waals surface area contributed by atoms with E-state index in [1.54, 1.807) is 38.6 Å². The van der Waals surface area contributed by atoms with E-state index in [9.17, 15) is 4.79 Å². The van der Waals surface area contributed by atoms with Crippen LogP contribution in [0, 0.1) is 5.92 Å². The quantitative estimate of drug-likeness (QED) is 0.716. The van der Waals surface area contributed by atoms with E-state index in [-0.39, 0.29) is 6.03 Å². The lowest BCUT2D eigenvalue weighted by Crippen LogP contribution is -2.43. The van der Waals surface area contributed by atoms with Gasteiger partial charge in [-0.1, -0.05) is 0 Å². The molecule has 3 aromatic rings. The fraction of sp³-hybridized carbons (Fsp3) is 0.381. The Kier molecular flexibility index (Phi) is 5.50. The van der Waals surface area contributed by atoms with E-state index in [4.69, 9.17) is 9.47 Å². The molecule has 152 valence electrons. The summed E-state index contributed by atoms with van der Waals surface area (Å²) in [6.07, 6.45) is 5.66. The second-order valence-corrected chi connectivity index (χ2v) is 7.19. The van der Waals surface area contributed by atoms with Crippen LogP contribution in [0.25, 0.3) is 11.2 Å². The molecule has 0 spiro atoms. The Balaban J connectivity index is 1.42. The number of aromatic nitrogens is 3. The third kappa shape index (κ3) is 4.11. The third-order valence-corrected chi connectivity index (χ3v) is 5.29. The molecule has 1 aliphatic rings. The predicted molar refractivity (Wildman–Crippen MR) is 110 cm³/mol. The molecule has 3 heterocycles. The van der Waals surface area contributed by atoms with E-state index in [0.717, 1.165) is 37.1 Å². The summed E-state index contributed by atoms with van der Waals surface area (Å²) in [7, 11) is 3.17. The molecule has 1 N–H and O–H groups in total. The zero-order valence-electron chi connectivity index (χ0n) is 16.7. The van der Waals surface area contributed by atoms with Crippen molar-refractivity contribution in [3.63, 3.8) is 0 Å².